The van der Waals surface area contributed by atoms with Crippen molar-refractivity contribution in [3.63, 3.8) is 0 Å². The molecule has 2 aliphatic rings. The van der Waals surface area contributed by atoms with Crippen LogP contribution in [0.3, 0.4) is 0 Å². The number of hydrogen-bond acceptors (Lipinski definition) is 8. The topological polar surface area (TPSA) is 97.8 Å². The molecule has 3 aromatic rings. The van der Waals surface area contributed by atoms with E-state index in [4.69, 9.17) is 25.8 Å². The maximum Gasteiger partial charge on any atom is 0.211 e. The van der Waals surface area contributed by atoms with Crippen LogP contribution in [0.2, 0.25) is 5.02 Å². The number of rotatable bonds is 7. The lowest BCUT2D eigenvalue weighted by Crippen LogP contribution is -2.45. The minimum absolute atomic E-state index is 0.00309. The molecule has 5 rings (SSSR count). The second-order valence-electron chi connectivity index (χ2n) is 8.79. The summed E-state index contributed by atoms with van der Waals surface area (Å²) in [6.45, 7) is 6.85. The molecular weight excluding hydrogens is 513 g/mol. The molecule has 1 amide bonds. The van der Waals surface area contributed by atoms with Gasteiger partial charge in [-0.2, -0.15) is 0 Å². The van der Waals surface area contributed by atoms with Crippen molar-refractivity contribution in [3.8, 4) is 5.75 Å². The summed E-state index contributed by atoms with van der Waals surface area (Å²) < 4.78 is 29.8. The molecule has 202 valence electrons. The first-order valence-corrected chi connectivity index (χ1v) is 12.7. The number of halogens is 2. The van der Waals surface area contributed by atoms with Crippen LogP contribution in [0.4, 0.5) is 21.6 Å². The molecule has 0 bridgehead atoms. The Bertz CT molecular complexity index is 1280. The number of likely N-dealkylation sites (tertiary alicyclic amines) is 1. The quantitative estimate of drug-likeness (QED) is 0.312. The maximum atomic E-state index is 13.3. The zero-order valence-corrected chi connectivity index (χ0v) is 22.1. The summed E-state index contributed by atoms with van der Waals surface area (Å²) in [7, 11) is 1.50. The van der Waals surface area contributed by atoms with Crippen molar-refractivity contribution in [1.29, 1.82) is 0 Å². The van der Waals surface area contributed by atoms with Crippen LogP contribution in [0.15, 0.2) is 48.8 Å². The Morgan fingerprint density at radius 1 is 1.18 bits per heavy atom. The monoisotopic (exact) mass is 543 g/mol. The smallest absolute Gasteiger partial charge is 0.211 e. The predicted octanol–water partition coefficient (Wildman–Crippen LogP) is 5.14. The first-order valence-electron chi connectivity index (χ1n) is 12.3. The number of carbonyl (C=O) groups excluding carboxylic acids is 1. The Morgan fingerprint density at radius 2 is 1.95 bits per heavy atom. The summed E-state index contributed by atoms with van der Waals surface area (Å²) in [4.78, 5) is 21.6. The molecule has 0 radical (unpaired) electrons. The molecule has 1 spiro atoms. The number of fused-ring (bicyclic) bond motifs is 1. The summed E-state index contributed by atoms with van der Waals surface area (Å²) in [6.07, 6.45) is 8.29. The van der Waals surface area contributed by atoms with Crippen molar-refractivity contribution in [2.75, 3.05) is 50.6 Å². The van der Waals surface area contributed by atoms with Gasteiger partial charge in [-0.15, -0.1) is 0 Å². The van der Waals surface area contributed by atoms with E-state index in [0.29, 0.717) is 40.3 Å². The molecule has 2 aliphatic heterocycles. The maximum absolute atomic E-state index is 13.3. The average molecular weight is 544 g/mol. The molecule has 0 unspecified atom stereocenters. The number of carbonyl (C=O) groups is 1. The van der Waals surface area contributed by atoms with E-state index in [-0.39, 0.29) is 10.8 Å². The van der Waals surface area contributed by atoms with Gasteiger partial charge in [-0.25, -0.2) is 14.4 Å². The first kappa shape index (κ1) is 27.7. The van der Waals surface area contributed by atoms with Gasteiger partial charge in [0.15, 0.2) is 5.79 Å². The van der Waals surface area contributed by atoms with Gasteiger partial charge < -0.3 is 24.8 Å². The Balaban J connectivity index is 0.000000204. The highest BCUT2D eigenvalue weighted by atomic mass is 35.5. The SMILES string of the molecule is C/C=C/CN1CCC2(CC1)OCCO2.COc1cc2ncnc(Nc3ccc(F)c(Cl)c3)c2cc1NC=O. The van der Waals surface area contributed by atoms with Crippen molar-refractivity contribution in [1.82, 2.24) is 14.9 Å². The summed E-state index contributed by atoms with van der Waals surface area (Å²) in [5.74, 6) is 0.243. The Morgan fingerprint density at radius 3 is 2.61 bits per heavy atom. The van der Waals surface area contributed by atoms with E-state index in [1.165, 1.54) is 25.6 Å². The summed E-state index contributed by atoms with van der Waals surface area (Å²) in [6, 6.07) is 7.64. The van der Waals surface area contributed by atoms with Gasteiger partial charge in [0.05, 0.1) is 36.6 Å². The van der Waals surface area contributed by atoms with Crippen LogP contribution >= 0.6 is 11.6 Å². The number of nitrogens with zero attached hydrogens (tertiary/aromatic N) is 3. The van der Waals surface area contributed by atoms with E-state index >= 15 is 0 Å². The third kappa shape index (κ3) is 6.76. The van der Waals surface area contributed by atoms with Crippen molar-refractivity contribution < 1.29 is 23.4 Å². The van der Waals surface area contributed by atoms with Gasteiger partial charge in [-0.05, 0) is 31.2 Å². The van der Waals surface area contributed by atoms with E-state index in [1.807, 2.05) is 0 Å². The molecule has 2 saturated heterocycles. The fourth-order valence-corrected chi connectivity index (χ4v) is 4.54. The Labute approximate surface area is 225 Å². The van der Waals surface area contributed by atoms with Crippen LogP contribution in [0.1, 0.15) is 19.8 Å². The predicted molar refractivity (Wildman–Crippen MR) is 146 cm³/mol. The Hall–Kier alpha value is -3.31. The molecule has 2 fully saturated rings. The lowest BCUT2D eigenvalue weighted by Gasteiger charge is -2.37. The van der Waals surface area contributed by atoms with E-state index in [0.717, 1.165) is 45.7 Å². The molecule has 3 heterocycles. The molecule has 38 heavy (non-hydrogen) atoms. The molecule has 1 aromatic heterocycles. The molecular formula is C27H31ClFN5O4. The number of methoxy groups -OCH3 is 1. The molecule has 0 aliphatic carbocycles. The number of aromatic nitrogens is 2. The zero-order valence-electron chi connectivity index (χ0n) is 21.4. The number of amides is 1. The van der Waals surface area contributed by atoms with Crippen molar-refractivity contribution >= 4 is 46.1 Å². The summed E-state index contributed by atoms with van der Waals surface area (Å²) in [5.41, 5.74) is 1.67. The minimum atomic E-state index is -0.503. The highest BCUT2D eigenvalue weighted by molar-refractivity contribution is 6.31. The number of anilines is 3. The van der Waals surface area contributed by atoms with Gasteiger partial charge >= 0.3 is 0 Å². The van der Waals surface area contributed by atoms with Crippen LogP contribution in [0.25, 0.3) is 10.9 Å². The molecule has 0 atom stereocenters. The molecule has 0 saturated carbocycles. The number of hydrogen-bond donors (Lipinski definition) is 2. The third-order valence-corrected chi connectivity index (χ3v) is 6.67. The summed E-state index contributed by atoms with van der Waals surface area (Å²) in [5, 5.41) is 6.29. The fourth-order valence-electron chi connectivity index (χ4n) is 4.36. The standard InChI is InChI=1S/C16H12ClFN4O2.C11H19NO2/c1-24-15-6-13-10(5-14(15)21-8-23)16(20-7-19-13)22-9-2-3-12(18)11(17)4-9;1-2-3-6-12-7-4-11(5-8-12)13-9-10-14-11/h2-8H,1H3,(H,21,23)(H,19,20,22);2-3H,4-10H2,1H3/b;3-2+. The second-order valence-corrected chi connectivity index (χ2v) is 9.19. The van der Waals surface area contributed by atoms with Crippen LogP contribution in [-0.4, -0.2) is 67.0 Å². The van der Waals surface area contributed by atoms with E-state index < -0.39 is 5.82 Å². The molecule has 2 aromatic carbocycles. The van der Waals surface area contributed by atoms with E-state index in [1.54, 1.807) is 18.2 Å². The number of piperidine rings is 1. The van der Waals surface area contributed by atoms with Crippen LogP contribution < -0.4 is 15.4 Å². The minimum Gasteiger partial charge on any atom is -0.494 e. The first-order chi connectivity index (χ1) is 18.5. The number of nitrogens with one attached hydrogen (secondary N) is 2. The normalized spacial score (nSPS) is 16.8. The summed E-state index contributed by atoms with van der Waals surface area (Å²) >= 11 is 5.79. The van der Waals surface area contributed by atoms with Gasteiger partial charge in [-0.1, -0.05) is 23.8 Å². The van der Waals surface area contributed by atoms with E-state index in [2.05, 4.69) is 44.6 Å². The highest BCUT2D eigenvalue weighted by Crippen LogP contribution is 2.33. The van der Waals surface area contributed by atoms with Gasteiger partial charge in [0.2, 0.25) is 6.41 Å². The van der Waals surface area contributed by atoms with Crippen molar-refractivity contribution in [2.24, 2.45) is 0 Å². The number of benzene rings is 2. The molecule has 9 nitrogen and oxygen atoms in total. The Kier molecular flexibility index (Phi) is 9.46. The molecule has 11 heteroatoms. The fraction of sp³-hybridized carbons (Fsp3) is 0.370. The van der Waals surface area contributed by atoms with E-state index in [9.17, 15) is 9.18 Å². The number of ether oxygens (including phenoxy) is 3. The average Bonchev–Trinajstić information content (AvgIpc) is 3.39. The zero-order chi connectivity index (χ0) is 27.0. The third-order valence-electron chi connectivity index (χ3n) is 6.38. The number of allylic oxidation sites excluding steroid dienone is 1. The van der Waals surface area contributed by atoms with Crippen LogP contribution in [-0.2, 0) is 14.3 Å². The van der Waals surface area contributed by atoms with Gasteiger partial charge in [0.1, 0.15) is 23.7 Å². The highest BCUT2D eigenvalue weighted by Gasteiger charge is 2.39. The van der Waals surface area contributed by atoms with Crippen LogP contribution in [0, 0.1) is 5.82 Å². The lowest BCUT2D eigenvalue weighted by molar-refractivity contribution is -0.184. The van der Waals surface area contributed by atoms with Crippen molar-refractivity contribution in [2.45, 2.75) is 25.6 Å². The lowest BCUT2D eigenvalue weighted by atomic mass is 10.0. The van der Waals surface area contributed by atoms with Gasteiger partial charge in [0.25, 0.3) is 0 Å². The van der Waals surface area contributed by atoms with Crippen molar-refractivity contribution in [3.05, 3.63) is 59.7 Å². The van der Waals surface area contributed by atoms with Gasteiger partial charge in [0, 0.05) is 49.6 Å². The van der Waals surface area contributed by atoms with Crippen LogP contribution in [0.5, 0.6) is 5.75 Å². The second kappa shape index (κ2) is 13.0. The molecule has 2 N–H and O–H groups in total. The van der Waals surface area contributed by atoms with Gasteiger partial charge in [-0.3, -0.25) is 9.69 Å². The largest absolute Gasteiger partial charge is 0.494 e.